The van der Waals surface area contributed by atoms with Crippen molar-refractivity contribution in [1.29, 1.82) is 0 Å². The molecule has 8 N–H and O–H groups in total. The van der Waals surface area contributed by atoms with Crippen LogP contribution in [0, 0.1) is 5.82 Å². The Morgan fingerprint density at radius 2 is 1.97 bits per heavy atom. The lowest BCUT2D eigenvalue weighted by atomic mass is 9.91. The maximum Gasteiger partial charge on any atom is 0.253 e. The number of ether oxygens (including phenoxy) is 2. The number of anilines is 3. The lowest BCUT2D eigenvalue weighted by Crippen LogP contribution is -2.43. The standard InChI is InChI=1S/C27H36FN7O3/c1-2-37-12-13-38-11-10-32-20-9-5-6-16-14-17(15-33-24(16)20)25-21(26(31)36)23(30)22(28)27(35-25)34-19-8-4-3-7-18(19)29/h5-6,9,14-15,18-19,32H,2-4,7-8,10-13,29H2,1H3,(H2,31,36)(H3,30,34,35). The van der Waals surface area contributed by atoms with Crippen molar-refractivity contribution < 1.29 is 18.7 Å². The van der Waals surface area contributed by atoms with Crippen LogP contribution in [0.5, 0.6) is 0 Å². The van der Waals surface area contributed by atoms with Gasteiger partial charge in [0.05, 0.1) is 48.0 Å². The van der Waals surface area contributed by atoms with Crippen LogP contribution in [0.1, 0.15) is 43.0 Å². The quantitative estimate of drug-likeness (QED) is 0.223. The topological polar surface area (TPSA) is 163 Å². The Labute approximate surface area is 221 Å². The molecule has 1 aliphatic carbocycles. The van der Waals surface area contributed by atoms with Crippen LogP contribution in [0.3, 0.4) is 0 Å². The van der Waals surface area contributed by atoms with Crippen LogP contribution in [-0.4, -0.2) is 60.9 Å². The molecule has 2 heterocycles. The Morgan fingerprint density at radius 1 is 1.18 bits per heavy atom. The molecule has 10 nitrogen and oxygen atoms in total. The summed E-state index contributed by atoms with van der Waals surface area (Å²) in [5.74, 6) is -1.74. The summed E-state index contributed by atoms with van der Waals surface area (Å²) in [5, 5.41) is 7.25. The number of rotatable bonds is 12. The van der Waals surface area contributed by atoms with E-state index in [1.807, 2.05) is 31.2 Å². The zero-order chi connectivity index (χ0) is 27.1. The second kappa shape index (κ2) is 12.8. The van der Waals surface area contributed by atoms with Crippen molar-refractivity contribution in [1.82, 2.24) is 9.97 Å². The molecule has 0 spiro atoms. The lowest BCUT2D eigenvalue weighted by molar-refractivity contribution is 0.0570. The molecular weight excluding hydrogens is 489 g/mol. The minimum atomic E-state index is -0.871. The number of primary amides is 1. The predicted molar refractivity (Wildman–Crippen MR) is 148 cm³/mol. The van der Waals surface area contributed by atoms with Gasteiger partial charge < -0.3 is 37.3 Å². The number of benzene rings is 1. The van der Waals surface area contributed by atoms with Crippen LogP contribution in [0.15, 0.2) is 30.5 Å². The van der Waals surface area contributed by atoms with Crippen LogP contribution in [0.25, 0.3) is 22.2 Å². The van der Waals surface area contributed by atoms with E-state index in [-0.39, 0.29) is 34.8 Å². The third-order valence-electron chi connectivity index (χ3n) is 6.68. The van der Waals surface area contributed by atoms with Crippen molar-refractivity contribution in [3.63, 3.8) is 0 Å². The van der Waals surface area contributed by atoms with Gasteiger partial charge in [0, 0.05) is 42.4 Å². The van der Waals surface area contributed by atoms with Crippen LogP contribution in [0.2, 0.25) is 0 Å². The van der Waals surface area contributed by atoms with Crippen LogP contribution < -0.4 is 27.8 Å². The zero-order valence-electron chi connectivity index (χ0n) is 21.6. The van der Waals surface area contributed by atoms with Gasteiger partial charge in [-0.25, -0.2) is 9.37 Å². The van der Waals surface area contributed by atoms with E-state index in [1.165, 1.54) is 0 Å². The van der Waals surface area contributed by atoms with E-state index in [9.17, 15) is 4.79 Å². The van der Waals surface area contributed by atoms with Crippen LogP contribution in [0.4, 0.5) is 21.6 Å². The first-order valence-electron chi connectivity index (χ1n) is 13.0. The summed E-state index contributed by atoms with van der Waals surface area (Å²) < 4.78 is 26.0. The molecule has 1 amide bonds. The fourth-order valence-corrected chi connectivity index (χ4v) is 4.71. The lowest BCUT2D eigenvalue weighted by Gasteiger charge is -2.30. The number of nitrogens with zero attached hydrogens (tertiary/aromatic N) is 2. The Hall–Kier alpha value is -3.54. The predicted octanol–water partition coefficient (Wildman–Crippen LogP) is 3.26. The van der Waals surface area contributed by atoms with Crippen LogP contribution in [-0.2, 0) is 9.47 Å². The summed E-state index contributed by atoms with van der Waals surface area (Å²) in [6, 6.07) is 7.26. The summed E-state index contributed by atoms with van der Waals surface area (Å²) in [4.78, 5) is 21.4. The van der Waals surface area contributed by atoms with Gasteiger partial charge >= 0.3 is 0 Å². The van der Waals surface area contributed by atoms with Crippen LogP contribution >= 0.6 is 0 Å². The summed E-state index contributed by atoms with van der Waals surface area (Å²) >= 11 is 0. The number of carbonyl (C=O) groups excluding carboxylic acids is 1. The normalized spacial score (nSPS) is 17.4. The van der Waals surface area contributed by atoms with E-state index < -0.39 is 11.7 Å². The Balaban J connectivity index is 1.61. The second-order valence-corrected chi connectivity index (χ2v) is 9.31. The van der Waals surface area contributed by atoms with E-state index >= 15 is 4.39 Å². The number of nitrogens with one attached hydrogen (secondary N) is 2. The zero-order valence-corrected chi connectivity index (χ0v) is 21.6. The van der Waals surface area contributed by atoms with Crippen molar-refractivity contribution in [3.05, 3.63) is 41.8 Å². The number of amides is 1. The number of aromatic nitrogens is 2. The molecule has 0 bridgehead atoms. The highest BCUT2D eigenvalue weighted by Gasteiger charge is 2.27. The van der Waals surface area contributed by atoms with E-state index in [1.54, 1.807) is 6.20 Å². The van der Waals surface area contributed by atoms with E-state index in [4.69, 9.17) is 26.7 Å². The molecule has 2 unspecified atom stereocenters. The molecule has 38 heavy (non-hydrogen) atoms. The Bertz CT molecular complexity index is 1270. The largest absolute Gasteiger partial charge is 0.396 e. The van der Waals surface area contributed by atoms with E-state index in [0.29, 0.717) is 38.5 Å². The third kappa shape index (κ3) is 6.29. The fraction of sp³-hybridized carbons (Fsp3) is 0.444. The average molecular weight is 526 g/mol. The van der Waals surface area contributed by atoms with Gasteiger partial charge in [0.15, 0.2) is 11.6 Å². The highest BCUT2D eigenvalue weighted by atomic mass is 19.1. The number of pyridine rings is 2. The Kier molecular flexibility index (Phi) is 9.27. The van der Waals surface area contributed by atoms with E-state index in [2.05, 4.69) is 20.6 Å². The van der Waals surface area contributed by atoms with Gasteiger partial charge in [-0.2, -0.15) is 0 Å². The number of nitrogen functional groups attached to an aromatic ring is 1. The molecular formula is C27H36FN7O3. The average Bonchev–Trinajstić information content (AvgIpc) is 2.91. The molecule has 2 aromatic heterocycles. The minimum absolute atomic E-state index is 0.0512. The smallest absolute Gasteiger partial charge is 0.253 e. The van der Waals surface area contributed by atoms with Gasteiger partial charge in [0.1, 0.15) is 0 Å². The number of fused-ring (bicyclic) bond motifs is 1. The molecule has 0 radical (unpaired) electrons. The van der Waals surface area contributed by atoms with Gasteiger partial charge in [-0.1, -0.05) is 25.0 Å². The van der Waals surface area contributed by atoms with Crippen molar-refractivity contribution >= 4 is 34.0 Å². The molecule has 1 aromatic carbocycles. The molecule has 3 aromatic rings. The van der Waals surface area contributed by atoms with Gasteiger partial charge in [-0.15, -0.1) is 0 Å². The summed E-state index contributed by atoms with van der Waals surface area (Å²) in [5.41, 5.74) is 19.6. The van der Waals surface area contributed by atoms with Crippen molar-refractivity contribution in [2.45, 2.75) is 44.7 Å². The maximum absolute atomic E-state index is 15.2. The maximum atomic E-state index is 15.2. The molecule has 11 heteroatoms. The molecule has 4 rings (SSSR count). The van der Waals surface area contributed by atoms with Crippen molar-refractivity contribution in [2.24, 2.45) is 11.5 Å². The van der Waals surface area contributed by atoms with Gasteiger partial charge in [-0.3, -0.25) is 9.78 Å². The summed E-state index contributed by atoms with van der Waals surface area (Å²) in [6.07, 6.45) is 5.22. The number of carbonyl (C=O) groups is 1. The number of para-hydroxylation sites is 1. The van der Waals surface area contributed by atoms with Gasteiger partial charge in [0.25, 0.3) is 5.91 Å². The van der Waals surface area contributed by atoms with Crippen molar-refractivity contribution in [3.8, 4) is 11.3 Å². The number of nitrogens with two attached hydrogens (primary N) is 3. The first kappa shape index (κ1) is 27.5. The van der Waals surface area contributed by atoms with Gasteiger partial charge in [0.2, 0.25) is 0 Å². The molecule has 204 valence electrons. The molecule has 0 saturated heterocycles. The number of hydrogen-bond acceptors (Lipinski definition) is 9. The molecule has 0 aliphatic heterocycles. The fourth-order valence-electron chi connectivity index (χ4n) is 4.71. The molecule has 1 aliphatic rings. The monoisotopic (exact) mass is 525 g/mol. The molecule has 1 saturated carbocycles. The highest BCUT2D eigenvalue weighted by molar-refractivity contribution is 6.05. The first-order chi connectivity index (χ1) is 18.4. The van der Waals surface area contributed by atoms with E-state index in [0.717, 1.165) is 42.3 Å². The second-order valence-electron chi connectivity index (χ2n) is 9.31. The first-order valence-corrected chi connectivity index (χ1v) is 13.0. The minimum Gasteiger partial charge on any atom is -0.396 e. The number of hydrogen-bond donors (Lipinski definition) is 5. The van der Waals surface area contributed by atoms with Crippen molar-refractivity contribution in [2.75, 3.05) is 49.3 Å². The highest BCUT2D eigenvalue weighted by Crippen LogP contribution is 2.34. The molecule has 2 atom stereocenters. The third-order valence-corrected chi connectivity index (χ3v) is 6.68. The summed E-state index contributed by atoms with van der Waals surface area (Å²) in [7, 11) is 0. The molecule has 1 fully saturated rings. The SMILES string of the molecule is CCOCCOCCNc1cccc2cc(-c3nc(NC4CCCCC4N)c(F)c(N)c3C(N)=O)cnc12. The number of halogens is 1. The Morgan fingerprint density at radius 3 is 2.74 bits per heavy atom. The van der Waals surface area contributed by atoms with Gasteiger partial charge in [-0.05, 0) is 31.9 Å². The summed E-state index contributed by atoms with van der Waals surface area (Å²) in [6.45, 7) is 4.82.